The summed E-state index contributed by atoms with van der Waals surface area (Å²) >= 11 is 0. The zero-order valence-corrected chi connectivity index (χ0v) is 11.5. The molecule has 0 spiro atoms. The maximum absolute atomic E-state index is 12.4. The third-order valence-corrected chi connectivity index (χ3v) is 5.38. The zero-order valence-electron chi connectivity index (χ0n) is 10.7. The number of anilines is 1. The number of piperidine rings is 1. The average Bonchev–Trinajstić information content (AvgIpc) is 2.35. The smallest absolute Gasteiger partial charge is 0.243 e. The molecule has 1 aliphatic rings. The van der Waals surface area contributed by atoms with Gasteiger partial charge in [-0.1, -0.05) is 6.92 Å². The lowest BCUT2D eigenvalue weighted by atomic mass is 9.98. The highest BCUT2D eigenvalue weighted by Gasteiger charge is 2.32. The van der Waals surface area contributed by atoms with Crippen LogP contribution in [0.4, 0.5) is 5.69 Å². The van der Waals surface area contributed by atoms with Crippen molar-refractivity contribution >= 4 is 15.7 Å². The average molecular weight is 286 g/mol. The minimum Gasteiger partial charge on any atom is -0.506 e. The van der Waals surface area contributed by atoms with Gasteiger partial charge in [0.1, 0.15) is 5.75 Å². The number of phenols is 1. The molecule has 4 N–H and O–H groups in total. The van der Waals surface area contributed by atoms with Crippen LogP contribution in [0.1, 0.15) is 13.3 Å². The van der Waals surface area contributed by atoms with Crippen molar-refractivity contribution in [3.8, 4) is 5.75 Å². The van der Waals surface area contributed by atoms with Gasteiger partial charge in [-0.2, -0.15) is 4.31 Å². The van der Waals surface area contributed by atoms with Crippen LogP contribution in [-0.2, 0) is 10.0 Å². The molecule has 1 heterocycles. The fourth-order valence-corrected chi connectivity index (χ4v) is 3.59. The van der Waals surface area contributed by atoms with Gasteiger partial charge in [-0.25, -0.2) is 8.42 Å². The van der Waals surface area contributed by atoms with Gasteiger partial charge in [-0.15, -0.1) is 0 Å². The normalized spacial score (nSPS) is 25.4. The number of nitrogen functional groups attached to an aromatic ring is 1. The number of aliphatic hydroxyl groups is 1. The molecule has 0 saturated carbocycles. The predicted octanol–water partition coefficient (Wildman–Crippen LogP) is 0.366. The molecule has 0 bridgehead atoms. The van der Waals surface area contributed by atoms with E-state index in [0.29, 0.717) is 13.0 Å². The van der Waals surface area contributed by atoms with Crippen LogP contribution in [0, 0.1) is 5.92 Å². The number of β-amino-alcohol motifs (C(OH)–C–C–N with tert-alkyl or cyclic N) is 1. The molecule has 0 radical (unpaired) electrons. The van der Waals surface area contributed by atoms with Crippen LogP contribution in [0.25, 0.3) is 0 Å². The number of benzene rings is 1. The number of nitrogens with zero attached hydrogens (tertiary/aromatic N) is 1. The molecule has 2 atom stereocenters. The van der Waals surface area contributed by atoms with E-state index < -0.39 is 16.1 Å². The Kier molecular flexibility index (Phi) is 3.71. The maximum Gasteiger partial charge on any atom is 0.243 e. The van der Waals surface area contributed by atoms with Crippen LogP contribution in [0.15, 0.2) is 23.1 Å². The first-order valence-electron chi connectivity index (χ1n) is 6.09. The number of phenolic OH excluding ortho intramolecular Hbond substituents is 1. The van der Waals surface area contributed by atoms with E-state index in [1.54, 1.807) is 0 Å². The summed E-state index contributed by atoms with van der Waals surface area (Å²) in [5.74, 6) is -0.0532. The molecule has 2 unspecified atom stereocenters. The first kappa shape index (κ1) is 14.1. The first-order valence-corrected chi connectivity index (χ1v) is 7.53. The number of hydrogen-bond donors (Lipinski definition) is 3. The Morgan fingerprint density at radius 3 is 2.68 bits per heavy atom. The lowest BCUT2D eigenvalue weighted by molar-refractivity contribution is 0.0605. The van der Waals surface area contributed by atoms with Gasteiger partial charge < -0.3 is 15.9 Å². The van der Waals surface area contributed by atoms with Gasteiger partial charge >= 0.3 is 0 Å². The molecule has 1 aromatic rings. The van der Waals surface area contributed by atoms with E-state index in [-0.39, 0.29) is 28.8 Å². The Morgan fingerprint density at radius 2 is 2.11 bits per heavy atom. The number of rotatable bonds is 2. The van der Waals surface area contributed by atoms with Crippen molar-refractivity contribution in [2.24, 2.45) is 5.92 Å². The lowest BCUT2D eigenvalue weighted by Crippen LogP contribution is -2.45. The van der Waals surface area contributed by atoms with Crippen LogP contribution < -0.4 is 5.73 Å². The Morgan fingerprint density at radius 1 is 1.42 bits per heavy atom. The van der Waals surface area contributed by atoms with E-state index in [0.717, 1.165) is 0 Å². The molecule has 1 aromatic carbocycles. The fraction of sp³-hybridized carbons (Fsp3) is 0.500. The van der Waals surface area contributed by atoms with E-state index in [9.17, 15) is 18.6 Å². The molecular formula is C12H18N2O4S. The number of aromatic hydroxyl groups is 1. The predicted molar refractivity (Wildman–Crippen MR) is 71.1 cm³/mol. The minimum atomic E-state index is -3.68. The van der Waals surface area contributed by atoms with E-state index in [1.807, 2.05) is 6.92 Å². The zero-order chi connectivity index (χ0) is 14.2. The number of aliphatic hydroxyl groups excluding tert-OH is 1. The number of hydrogen-bond acceptors (Lipinski definition) is 5. The Hall–Kier alpha value is -1.31. The van der Waals surface area contributed by atoms with E-state index in [4.69, 9.17) is 5.73 Å². The summed E-state index contributed by atoms with van der Waals surface area (Å²) in [5.41, 5.74) is 5.53. The number of sulfonamides is 1. The van der Waals surface area contributed by atoms with Gasteiger partial charge in [0, 0.05) is 13.1 Å². The van der Waals surface area contributed by atoms with Crippen molar-refractivity contribution in [1.82, 2.24) is 4.31 Å². The van der Waals surface area contributed by atoms with Crippen LogP contribution in [0.5, 0.6) is 5.75 Å². The first-order chi connectivity index (χ1) is 8.82. The van der Waals surface area contributed by atoms with Crippen LogP contribution in [0.3, 0.4) is 0 Å². The van der Waals surface area contributed by atoms with Gasteiger partial charge in [0.05, 0.1) is 16.7 Å². The molecule has 7 heteroatoms. The highest BCUT2D eigenvalue weighted by molar-refractivity contribution is 7.89. The van der Waals surface area contributed by atoms with Gasteiger partial charge in [-0.3, -0.25) is 0 Å². The molecule has 19 heavy (non-hydrogen) atoms. The van der Waals surface area contributed by atoms with Gasteiger partial charge in [0.15, 0.2) is 0 Å². The van der Waals surface area contributed by atoms with Crippen molar-refractivity contribution in [2.45, 2.75) is 24.3 Å². The molecule has 1 saturated heterocycles. The van der Waals surface area contributed by atoms with Crippen molar-refractivity contribution in [3.05, 3.63) is 18.2 Å². The lowest BCUT2D eigenvalue weighted by Gasteiger charge is -2.33. The summed E-state index contributed by atoms with van der Waals surface area (Å²) in [4.78, 5) is 0.0320. The van der Waals surface area contributed by atoms with Crippen molar-refractivity contribution in [3.63, 3.8) is 0 Å². The van der Waals surface area contributed by atoms with Crippen LogP contribution in [-0.4, -0.2) is 42.1 Å². The monoisotopic (exact) mass is 286 g/mol. The third kappa shape index (κ3) is 2.68. The summed E-state index contributed by atoms with van der Waals surface area (Å²) < 4.78 is 26.0. The van der Waals surface area contributed by atoms with Crippen LogP contribution in [0.2, 0.25) is 0 Å². The molecule has 0 aromatic heterocycles. The molecule has 0 aliphatic carbocycles. The molecule has 1 fully saturated rings. The quantitative estimate of drug-likeness (QED) is 0.538. The fourth-order valence-electron chi connectivity index (χ4n) is 2.08. The Bertz CT molecular complexity index is 573. The highest BCUT2D eigenvalue weighted by atomic mass is 32.2. The van der Waals surface area contributed by atoms with Crippen molar-refractivity contribution < 1.29 is 18.6 Å². The van der Waals surface area contributed by atoms with Gasteiger partial charge in [0.25, 0.3) is 0 Å². The van der Waals surface area contributed by atoms with Gasteiger partial charge in [-0.05, 0) is 30.5 Å². The highest BCUT2D eigenvalue weighted by Crippen LogP contribution is 2.28. The molecule has 2 rings (SSSR count). The molecular weight excluding hydrogens is 268 g/mol. The van der Waals surface area contributed by atoms with E-state index in [1.165, 1.54) is 22.5 Å². The van der Waals surface area contributed by atoms with Crippen molar-refractivity contribution in [1.29, 1.82) is 0 Å². The van der Waals surface area contributed by atoms with Crippen LogP contribution >= 0.6 is 0 Å². The topological polar surface area (TPSA) is 104 Å². The standard InChI is InChI=1S/C12H18N2O4S/c1-8-4-5-14(7-12(8)16)19(17,18)9-2-3-11(15)10(13)6-9/h2-3,6,8,12,15-16H,4-5,7,13H2,1H3. The second-order valence-corrected chi connectivity index (χ2v) is 6.85. The Labute approximate surface area is 112 Å². The SMILES string of the molecule is CC1CCN(S(=O)(=O)c2ccc(O)c(N)c2)CC1O. The molecule has 0 amide bonds. The summed E-state index contributed by atoms with van der Waals surface area (Å²) in [6.45, 7) is 2.36. The van der Waals surface area contributed by atoms with E-state index in [2.05, 4.69) is 0 Å². The summed E-state index contributed by atoms with van der Waals surface area (Å²) in [6, 6.07) is 3.80. The molecule has 1 aliphatic heterocycles. The summed E-state index contributed by atoms with van der Waals surface area (Å²) in [7, 11) is -3.68. The minimum absolute atomic E-state index is 0.0204. The second kappa shape index (κ2) is 4.99. The largest absolute Gasteiger partial charge is 0.506 e. The molecule has 6 nitrogen and oxygen atoms in total. The summed E-state index contributed by atoms with van der Waals surface area (Å²) in [6.07, 6.45) is -0.0356. The third-order valence-electron chi connectivity index (χ3n) is 3.52. The molecule has 106 valence electrons. The van der Waals surface area contributed by atoms with Gasteiger partial charge in [0.2, 0.25) is 10.0 Å². The maximum atomic E-state index is 12.4. The van der Waals surface area contributed by atoms with E-state index >= 15 is 0 Å². The summed E-state index contributed by atoms with van der Waals surface area (Å²) in [5, 5.41) is 19.1. The Balaban J connectivity index is 2.29. The van der Waals surface area contributed by atoms with Crippen molar-refractivity contribution in [2.75, 3.05) is 18.8 Å². The second-order valence-electron chi connectivity index (χ2n) is 4.92. The number of nitrogens with two attached hydrogens (primary N) is 1.